The highest BCUT2D eigenvalue weighted by Crippen LogP contribution is 2.37. The van der Waals surface area contributed by atoms with Crippen LogP contribution in [0.15, 0.2) is 12.2 Å². The Hall–Kier alpha value is -0.380. The summed E-state index contributed by atoms with van der Waals surface area (Å²) in [6.07, 6.45) is 1.13. The highest BCUT2D eigenvalue weighted by atomic mass is 16.7. The molecular weight excluding hydrogens is 180 g/mol. The first-order chi connectivity index (χ1) is 6.72. The van der Waals surface area contributed by atoms with Crippen LogP contribution in [0.25, 0.3) is 0 Å². The van der Waals surface area contributed by atoms with E-state index in [4.69, 9.17) is 14.2 Å². The Morgan fingerprint density at radius 1 is 1.57 bits per heavy atom. The molecule has 80 valence electrons. The van der Waals surface area contributed by atoms with Crippen LogP contribution in [0.4, 0.5) is 0 Å². The molecule has 0 saturated carbocycles. The zero-order chi connectivity index (χ0) is 10.1. The van der Waals surface area contributed by atoms with Crippen molar-refractivity contribution in [2.75, 3.05) is 13.2 Å². The average molecular weight is 198 g/mol. The van der Waals surface area contributed by atoms with E-state index in [1.165, 1.54) is 5.57 Å². The second-order valence-corrected chi connectivity index (χ2v) is 4.00. The minimum atomic E-state index is -0.0744. The highest BCUT2D eigenvalue weighted by Gasteiger charge is 2.42. The van der Waals surface area contributed by atoms with Crippen molar-refractivity contribution < 1.29 is 14.2 Å². The maximum atomic E-state index is 5.70. The number of rotatable bonds is 2. The third-order valence-corrected chi connectivity index (χ3v) is 3.01. The minimum absolute atomic E-state index is 0.0744. The van der Waals surface area contributed by atoms with Crippen molar-refractivity contribution in [3.05, 3.63) is 12.2 Å². The van der Waals surface area contributed by atoms with E-state index < -0.39 is 0 Å². The first-order valence-electron chi connectivity index (χ1n) is 5.28. The highest BCUT2D eigenvalue weighted by molar-refractivity contribution is 5.11. The van der Waals surface area contributed by atoms with Gasteiger partial charge in [0, 0.05) is 18.9 Å². The Balaban J connectivity index is 2.02. The largest absolute Gasteiger partial charge is 0.371 e. The summed E-state index contributed by atoms with van der Waals surface area (Å²) in [6, 6.07) is 0. The average Bonchev–Trinajstić information content (AvgIpc) is 2.49. The molecular formula is C11H18O3. The van der Waals surface area contributed by atoms with Gasteiger partial charge in [0.1, 0.15) is 0 Å². The fourth-order valence-electron chi connectivity index (χ4n) is 2.30. The number of ether oxygens (including phenoxy) is 3. The lowest BCUT2D eigenvalue weighted by Crippen LogP contribution is -2.42. The molecule has 0 bridgehead atoms. The van der Waals surface area contributed by atoms with Crippen LogP contribution >= 0.6 is 0 Å². The lowest BCUT2D eigenvalue weighted by Gasteiger charge is -2.35. The van der Waals surface area contributed by atoms with Gasteiger partial charge in [0.15, 0.2) is 6.29 Å². The summed E-state index contributed by atoms with van der Waals surface area (Å²) < 4.78 is 16.8. The molecule has 3 nitrogen and oxygen atoms in total. The van der Waals surface area contributed by atoms with Gasteiger partial charge in [-0.1, -0.05) is 6.58 Å². The van der Waals surface area contributed by atoms with Gasteiger partial charge >= 0.3 is 0 Å². The molecule has 2 saturated heterocycles. The molecule has 0 aromatic carbocycles. The molecule has 2 fully saturated rings. The van der Waals surface area contributed by atoms with Crippen molar-refractivity contribution in [3.63, 3.8) is 0 Å². The zero-order valence-corrected chi connectivity index (χ0v) is 8.86. The zero-order valence-electron chi connectivity index (χ0n) is 8.86. The molecule has 2 heterocycles. The molecule has 14 heavy (non-hydrogen) atoms. The van der Waals surface area contributed by atoms with Crippen molar-refractivity contribution in [1.29, 1.82) is 0 Å². The number of hydrogen-bond donors (Lipinski definition) is 0. The van der Waals surface area contributed by atoms with Gasteiger partial charge in [0.2, 0.25) is 0 Å². The smallest absolute Gasteiger partial charge is 0.158 e. The predicted octanol–water partition coefficient (Wildman–Crippen LogP) is 1.73. The fourth-order valence-corrected chi connectivity index (χ4v) is 2.30. The van der Waals surface area contributed by atoms with E-state index >= 15 is 0 Å². The van der Waals surface area contributed by atoms with Gasteiger partial charge in [-0.15, -0.1) is 0 Å². The molecule has 2 aliphatic rings. The van der Waals surface area contributed by atoms with Crippen LogP contribution in [0.3, 0.4) is 0 Å². The quantitative estimate of drug-likeness (QED) is 0.632. The van der Waals surface area contributed by atoms with E-state index in [9.17, 15) is 0 Å². The van der Waals surface area contributed by atoms with E-state index in [0.29, 0.717) is 19.1 Å². The monoisotopic (exact) mass is 198 g/mol. The molecule has 0 spiro atoms. The van der Waals surface area contributed by atoms with Crippen molar-refractivity contribution in [3.8, 4) is 0 Å². The molecule has 2 aliphatic heterocycles. The standard InChI is InChI=1S/C11H18O3/c1-4-12-10-5-9-7(2)6-13-11(9)8(3)14-10/h8-11H,2,4-6H2,1,3H3. The second kappa shape index (κ2) is 4.01. The van der Waals surface area contributed by atoms with Crippen LogP contribution in [0.1, 0.15) is 20.3 Å². The van der Waals surface area contributed by atoms with Crippen LogP contribution in [-0.2, 0) is 14.2 Å². The summed E-state index contributed by atoms with van der Waals surface area (Å²) in [5, 5.41) is 0. The molecule has 0 aromatic rings. The molecule has 0 N–H and O–H groups in total. The van der Waals surface area contributed by atoms with Crippen LogP contribution in [0.5, 0.6) is 0 Å². The summed E-state index contributed by atoms with van der Waals surface area (Å²) in [6.45, 7) is 9.44. The third kappa shape index (κ3) is 1.72. The van der Waals surface area contributed by atoms with Crippen LogP contribution in [0, 0.1) is 5.92 Å². The van der Waals surface area contributed by atoms with Gasteiger partial charge in [0.05, 0.1) is 18.8 Å². The van der Waals surface area contributed by atoms with Crippen molar-refractivity contribution in [2.45, 2.75) is 38.8 Å². The Morgan fingerprint density at radius 2 is 2.36 bits per heavy atom. The molecule has 0 amide bonds. The lowest BCUT2D eigenvalue weighted by atomic mass is 9.89. The van der Waals surface area contributed by atoms with Gasteiger partial charge < -0.3 is 14.2 Å². The first-order valence-corrected chi connectivity index (χ1v) is 5.28. The maximum absolute atomic E-state index is 5.70. The van der Waals surface area contributed by atoms with Crippen molar-refractivity contribution in [1.82, 2.24) is 0 Å². The van der Waals surface area contributed by atoms with Crippen molar-refractivity contribution >= 4 is 0 Å². The van der Waals surface area contributed by atoms with Gasteiger partial charge in [-0.3, -0.25) is 0 Å². The summed E-state index contributed by atoms with van der Waals surface area (Å²) in [5.41, 5.74) is 1.19. The van der Waals surface area contributed by atoms with E-state index in [2.05, 4.69) is 6.58 Å². The topological polar surface area (TPSA) is 27.7 Å². The summed E-state index contributed by atoms with van der Waals surface area (Å²) in [7, 11) is 0. The lowest BCUT2D eigenvalue weighted by molar-refractivity contribution is -0.224. The van der Waals surface area contributed by atoms with Crippen LogP contribution in [0.2, 0.25) is 0 Å². The van der Waals surface area contributed by atoms with Gasteiger partial charge in [0.25, 0.3) is 0 Å². The van der Waals surface area contributed by atoms with E-state index in [-0.39, 0.29) is 18.5 Å². The van der Waals surface area contributed by atoms with Gasteiger partial charge in [-0.25, -0.2) is 0 Å². The summed E-state index contributed by atoms with van der Waals surface area (Å²) in [5.74, 6) is 0.426. The van der Waals surface area contributed by atoms with E-state index in [1.807, 2.05) is 13.8 Å². The summed E-state index contributed by atoms with van der Waals surface area (Å²) in [4.78, 5) is 0. The first kappa shape index (κ1) is 10.1. The Kier molecular flexibility index (Phi) is 2.91. The maximum Gasteiger partial charge on any atom is 0.158 e. The molecule has 0 aromatic heterocycles. The molecule has 4 atom stereocenters. The second-order valence-electron chi connectivity index (χ2n) is 4.00. The van der Waals surface area contributed by atoms with Crippen LogP contribution in [-0.4, -0.2) is 31.7 Å². The normalized spacial score (nSPS) is 42.6. The Morgan fingerprint density at radius 3 is 3.07 bits per heavy atom. The molecule has 2 rings (SSSR count). The van der Waals surface area contributed by atoms with E-state index in [1.54, 1.807) is 0 Å². The van der Waals surface area contributed by atoms with E-state index in [0.717, 1.165) is 6.42 Å². The summed E-state index contributed by atoms with van der Waals surface area (Å²) >= 11 is 0. The minimum Gasteiger partial charge on any atom is -0.371 e. The Labute approximate surface area is 85.0 Å². The van der Waals surface area contributed by atoms with Crippen LogP contribution < -0.4 is 0 Å². The molecule has 4 unspecified atom stereocenters. The van der Waals surface area contributed by atoms with Crippen molar-refractivity contribution in [2.24, 2.45) is 5.92 Å². The number of hydrogen-bond acceptors (Lipinski definition) is 3. The number of fused-ring (bicyclic) bond motifs is 1. The van der Waals surface area contributed by atoms with Gasteiger partial charge in [-0.05, 0) is 19.4 Å². The third-order valence-electron chi connectivity index (χ3n) is 3.01. The van der Waals surface area contributed by atoms with Gasteiger partial charge in [-0.2, -0.15) is 0 Å². The SMILES string of the molecule is C=C1COC2C(C)OC(OCC)CC12. The molecule has 0 aliphatic carbocycles. The fraction of sp³-hybridized carbons (Fsp3) is 0.818. The molecule has 0 radical (unpaired) electrons. The predicted molar refractivity (Wildman–Crippen MR) is 52.9 cm³/mol. The Bertz CT molecular complexity index is 227. The molecule has 3 heteroatoms.